The van der Waals surface area contributed by atoms with Crippen LogP contribution in [0.3, 0.4) is 0 Å². The Balaban J connectivity index is 1.71. The second-order valence-electron chi connectivity index (χ2n) is 5.63. The molecule has 1 aliphatic rings. The van der Waals surface area contributed by atoms with Gasteiger partial charge < -0.3 is 14.4 Å². The summed E-state index contributed by atoms with van der Waals surface area (Å²) < 4.78 is 7.16. The zero-order valence-corrected chi connectivity index (χ0v) is 13.7. The van der Waals surface area contributed by atoms with Crippen molar-refractivity contribution in [1.29, 1.82) is 0 Å². The first-order valence-corrected chi connectivity index (χ1v) is 8.60. The number of rotatable bonds is 4. The van der Waals surface area contributed by atoms with Gasteiger partial charge in [-0.15, -0.1) is 0 Å². The van der Waals surface area contributed by atoms with Crippen molar-refractivity contribution < 1.29 is 9.52 Å². The summed E-state index contributed by atoms with van der Waals surface area (Å²) in [6, 6.07) is 3.75. The molecule has 23 heavy (non-hydrogen) atoms. The van der Waals surface area contributed by atoms with Crippen LogP contribution in [0.15, 0.2) is 29.1 Å². The van der Waals surface area contributed by atoms with Crippen molar-refractivity contribution in [1.82, 2.24) is 24.4 Å². The average molecular weight is 333 g/mol. The summed E-state index contributed by atoms with van der Waals surface area (Å²) in [6.07, 6.45) is 3.13. The van der Waals surface area contributed by atoms with Gasteiger partial charge >= 0.3 is 0 Å². The van der Waals surface area contributed by atoms with Crippen LogP contribution in [-0.2, 0) is 0 Å². The molecular weight excluding hydrogens is 314 g/mol. The number of hydrogen-bond donors (Lipinski definition) is 1. The molecule has 122 valence electrons. The maximum absolute atomic E-state index is 10.6. The summed E-state index contributed by atoms with van der Waals surface area (Å²) >= 11 is 1.46. The fourth-order valence-electron chi connectivity index (χ4n) is 3.13. The highest BCUT2D eigenvalue weighted by molar-refractivity contribution is 7.17. The van der Waals surface area contributed by atoms with E-state index in [9.17, 15) is 5.11 Å². The normalized spacial score (nSPS) is 18.7. The summed E-state index contributed by atoms with van der Waals surface area (Å²) in [5, 5.41) is 14.7. The molecule has 7 nitrogen and oxygen atoms in total. The summed E-state index contributed by atoms with van der Waals surface area (Å²) in [7, 11) is 0. The highest BCUT2D eigenvalue weighted by Crippen LogP contribution is 2.40. The SMILES string of the molecule is CCN1CCN([C@H](c2ccco2)c2sc3ncnn3c2O)CC1. The van der Waals surface area contributed by atoms with Crippen LogP contribution in [-0.4, -0.2) is 62.2 Å². The van der Waals surface area contributed by atoms with Gasteiger partial charge in [0.05, 0.1) is 11.1 Å². The van der Waals surface area contributed by atoms with Crippen LogP contribution in [0, 0.1) is 0 Å². The molecule has 1 aliphatic heterocycles. The second-order valence-corrected chi connectivity index (χ2v) is 6.64. The minimum atomic E-state index is -0.0995. The third kappa shape index (κ3) is 2.52. The molecule has 0 radical (unpaired) electrons. The van der Waals surface area contributed by atoms with Crippen LogP contribution in [0.5, 0.6) is 5.88 Å². The molecule has 0 saturated carbocycles. The van der Waals surface area contributed by atoms with E-state index in [1.807, 2.05) is 12.1 Å². The Kier molecular flexibility index (Phi) is 3.80. The van der Waals surface area contributed by atoms with Gasteiger partial charge in [0, 0.05) is 26.2 Å². The summed E-state index contributed by atoms with van der Waals surface area (Å²) in [5.74, 6) is 0.997. The van der Waals surface area contributed by atoms with E-state index < -0.39 is 0 Å². The first-order valence-electron chi connectivity index (χ1n) is 7.79. The van der Waals surface area contributed by atoms with Gasteiger partial charge in [-0.25, -0.2) is 4.98 Å². The molecule has 0 amide bonds. The van der Waals surface area contributed by atoms with E-state index in [0.29, 0.717) is 4.96 Å². The molecule has 1 atom stereocenters. The number of fused-ring (bicyclic) bond motifs is 1. The van der Waals surface area contributed by atoms with Crippen molar-refractivity contribution in [3.05, 3.63) is 35.4 Å². The molecule has 1 fully saturated rings. The fraction of sp³-hybridized carbons (Fsp3) is 0.467. The Morgan fingerprint density at radius 2 is 2.17 bits per heavy atom. The van der Waals surface area contributed by atoms with Crippen LogP contribution in [0.25, 0.3) is 4.96 Å². The molecule has 4 rings (SSSR count). The standard InChI is InChI=1S/C15H19N5O2S/c1-2-18-5-7-19(8-6-18)12(11-4-3-9-22-11)13-14(21)20-15(23-13)16-10-17-20/h3-4,9-10,12,21H,2,5-8H2,1H3/t12-/m1/s1. The van der Waals surface area contributed by atoms with Crippen molar-refractivity contribution >= 4 is 16.3 Å². The fourth-order valence-corrected chi connectivity index (χ4v) is 4.20. The lowest BCUT2D eigenvalue weighted by atomic mass is 10.1. The van der Waals surface area contributed by atoms with Crippen molar-refractivity contribution in [2.75, 3.05) is 32.7 Å². The van der Waals surface area contributed by atoms with Gasteiger partial charge in [-0.05, 0) is 18.7 Å². The maximum Gasteiger partial charge on any atom is 0.230 e. The van der Waals surface area contributed by atoms with Crippen molar-refractivity contribution in [2.24, 2.45) is 0 Å². The Labute approximate surface area is 137 Å². The van der Waals surface area contributed by atoms with E-state index in [2.05, 4.69) is 26.8 Å². The molecule has 3 aromatic heterocycles. The third-order valence-corrected chi connectivity index (χ3v) is 5.51. The van der Waals surface area contributed by atoms with E-state index in [1.54, 1.807) is 6.26 Å². The van der Waals surface area contributed by atoms with Gasteiger partial charge in [-0.1, -0.05) is 18.3 Å². The van der Waals surface area contributed by atoms with Gasteiger partial charge in [-0.3, -0.25) is 4.90 Å². The minimum absolute atomic E-state index is 0.0995. The highest BCUT2D eigenvalue weighted by atomic mass is 32.1. The first-order chi connectivity index (χ1) is 11.3. The van der Waals surface area contributed by atoms with Crippen LogP contribution >= 0.6 is 11.3 Å². The van der Waals surface area contributed by atoms with E-state index >= 15 is 0 Å². The molecule has 0 spiro atoms. The third-order valence-electron chi connectivity index (χ3n) is 4.42. The number of hydrogen-bond acceptors (Lipinski definition) is 7. The van der Waals surface area contributed by atoms with E-state index in [1.165, 1.54) is 22.2 Å². The number of aromatic nitrogens is 3. The van der Waals surface area contributed by atoms with Crippen LogP contribution in [0.4, 0.5) is 0 Å². The molecule has 3 aromatic rings. The summed E-state index contributed by atoms with van der Waals surface area (Å²) in [5.41, 5.74) is 0. The summed E-state index contributed by atoms with van der Waals surface area (Å²) in [6.45, 7) is 7.18. The minimum Gasteiger partial charge on any atom is -0.492 e. The molecular formula is C15H19N5O2S. The lowest BCUT2D eigenvalue weighted by Gasteiger charge is -2.37. The van der Waals surface area contributed by atoms with Crippen LogP contribution in [0.1, 0.15) is 23.6 Å². The van der Waals surface area contributed by atoms with Gasteiger partial charge in [0.15, 0.2) is 0 Å². The zero-order valence-electron chi connectivity index (χ0n) is 12.9. The number of piperazine rings is 1. The quantitative estimate of drug-likeness (QED) is 0.785. The number of thiazole rings is 1. The lowest BCUT2D eigenvalue weighted by molar-refractivity contribution is 0.105. The molecule has 4 heterocycles. The molecule has 0 aromatic carbocycles. The Hall–Kier alpha value is -1.90. The largest absolute Gasteiger partial charge is 0.492 e. The molecule has 0 aliphatic carbocycles. The van der Waals surface area contributed by atoms with Gasteiger partial charge in [0.1, 0.15) is 18.1 Å². The smallest absolute Gasteiger partial charge is 0.230 e. The Bertz CT molecular complexity index is 773. The molecule has 1 saturated heterocycles. The Morgan fingerprint density at radius 3 is 2.83 bits per heavy atom. The lowest BCUT2D eigenvalue weighted by Crippen LogP contribution is -2.47. The van der Waals surface area contributed by atoms with Crippen LogP contribution in [0.2, 0.25) is 0 Å². The van der Waals surface area contributed by atoms with E-state index in [-0.39, 0.29) is 11.9 Å². The zero-order chi connectivity index (χ0) is 15.8. The molecule has 8 heteroatoms. The molecule has 0 bridgehead atoms. The van der Waals surface area contributed by atoms with Crippen LogP contribution < -0.4 is 0 Å². The first kappa shape index (κ1) is 14.7. The topological polar surface area (TPSA) is 70.0 Å². The highest BCUT2D eigenvalue weighted by Gasteiger charge is 2.32. The molecule has 0 unspecified atom stereocenters. The van der Waals surface area contributed by atoms with Gasteiger partial charge in [0.2, 0.25) is 10.8 Å². The van der Waals surface area contributed by atoms with Crippen molar-refractivity contribution in [3.63, 3.8) is 0 Å². The van der Waals surface area contributed by atoms with Crippen molar-refractivity contribution in [3.8, 4) is 5.88 Å². The predicted octanol–water partition coefficient (Wildman–Crippen LogP) is 1.82. The molecule has 1 N–H and O–H groups in total. The number of nitrogens with zero attached hydrogens (tertiary/aromatic N) is 5. The number of aromatic hydroxyl groups is 1. The maximum atomic E-state index is 10.6. The monoisotopic (exact) mass is 333 g/mol. The summed E-state index contributed by atoms with van der Waals surface area (Å²) in [4.78, 5) is 10.5. The number of likely N-dealkylation sites (N-methyl/N-ethyl adjacent to an activating group) is 1. The van der Waals surface area contributed by atoms with Gasteiger partial charge in [0.25, 0.3) is 0 Å². The van der Waals surface area contributed by atoms with E-state index in [4.69, 9.17) is 4.42 Å². The predicted molar refractivity (Wildman–Crippen MR) is 86.8 cm³/mol. The Morgan fingerprint density at radius 1 is 1.35 bits per heavy atom. The van der Waals surface area contributed by atoms with Crippen molar-refractivity contribution in [2.45, 2.75) is 13.0 Å². The van der Waals surface area contributed by atoms with Gasteiger partial charge in [-0.2, -0.15) is 9.61 Å². The second kappa shape index (κ2) is 5.95. The average Bonchev–Trinajstić information content (AvgIpc) is 3.30. The number of furan rings is 1. The van der Waals surface area contributed by atoms with E-state index in [0.717, 1.165) is 43.4 Å².